The fourth-order valence-corrected chi connectivity index (χ4v) is 1.82. The third-order valence-corrected chi connectivity index (χ3v) is 2.79. The first-order chi connectivity index (χ1) is 9.72. The van der Waals surface area contributed by atoms with Gasteiger partial charge in [0.1, 0.15) is 11.5 Å². The highest BCUT2D eigenvalue weighted by Crippen LogP contribution is 2.30. The van der Waals surface area contributed by atoms with Gasteiger partial charge < -0.3 is 14.7 Å². The first-order valence-corrected chi connectivity index (χ1v) is 5.96. The molecule has 0 aliphatic rings. The van der Waals surface area contributed by atoms with Gasteiger partial charge in [-0.2, -0.15) is 4.98 Å². The van der Waals surface area contributed by atoms with Gasteiger partial charge in [-0.25, -0.2) is 0 Å². The molecule has 3 rings (SSSR count). The van der Waals surface area contributed by atoms with Crippen molar-refractivity contribution in [1.82, 2.24) is 15.1 Å². The Labute approximate surface area is 114 Å². The van der Waals surface area contributed by atoms with Crippen LogP contribution in [0.25, 0.3) is 11.5 Å². The van der Waals surface area contributed by atoms with Crippen LogP contribution < -0.4 is 0 Å². The van der Waals surface area contributed by atoms with Gasteiger partial charge in [0.2, 0.25) is 0 Å². The monoisotopic (exact) mass is 269 g/mol. The van der Waals surface area contributed by atoms with Crippen molar-refractivity contribution >= 4 is 0 Å². The number of pyridine rings is 1. The predicted molar refractivity (Wildman–Crippen MR) is 70.1 cm³/mol. The Balaban J connectivity index is 1.87. The van der Waals surface area contributed by atoms with Crippen LogP contribution >= 0.6 is 0 Å². The van der Waals surface area contributed by atoms with E-state index in [4.69, 9.17) is 4.52 Å². The molecule has 6 nitrogen and oxygen atoms in total. The van der Waals surface area contributed by atoms with E-state index in [-0.39, 0.29) is 17.4 Å². The summed E-state index contributed by atoms with van der Waals surface area (Å²) < 4.78 is 5.13. The first kappa shape index (κ1) is 12.2. The molecule has 2 aromatic heterocycles. The van der Waals surface area contributed by atoms with Gasteiger partial charge in [-0.3, -0.25) is 4.98 Å². The summed E-state index contributed by atoms with van der Waals surface area (Å²) in [4.78, 5) is 8.17. The Hall–Kier alpha value is -2.89. The average Bonchev–Trinajstić information content (AvgIpc) is 2.88. The Morgan fingerprint density at radius 3 is 2.60 bits per heavy atom. The molecule has 2 N–H and O–H groups in total. The van der Waals surface area contributed by atoms with Crippen LogP contribution in [0, 0.1) is 0 Å². The molecule has 0 aliphatic heterocycles. The highest BCUT2D eigenvalue weighted by molar-refractivity contribution is 5.63. The number of rotatable bonds is 3. The van der Waals surface area contributed by atoms with Gasteiger partial charge in [0.25, 0.3) is 5.89 Å². The third-order valence-electron chi connectivity index (χ3n) is 2.79. The van der Waals surface area contributed by atoms with Gasteiger partial charge in [-0.15, -0.1) is 0 Å². The SMILES string of the molecule is Oc1ccc(-c2nc(Cc3ccncc3)no2)c(O)c1. The summed E-state index contributed by atoms with van der Waals surface area (Å²) in [5.41, 5.74) is 1.40. The van der Waals surface area contributed by atoms with Crippen molar-refractivity contribution in [2.75, 3.05) is 0 Å². The number of benzene rings is 1. The number of phenolic OH excluding ortho intramolecular Hbond substituents is 2. The molecule has 6 heteroatoms. The number of aromatic hydroxyl groups is 2. The molecule has 0 amide bonds. The van der Waals surface area contributed by atoms with Gasteiger partial charge in [0.15, 0.2) is 5.82 Å². The minimum Gasteiger partial charge on any atom is -0.508 e. The van der Waals surface area contributed by atoms with Gasteiger partial charge in [0, 0.05) is 24.9 Å². The second kappa shape index (κ2) is 5.00. The van der Waals surface area contributed by atoms with Crippen LogP contribution in [0.5, 0.6) is 11.5 Å². The smallest absolute Gasteiger partial charge is 0.261 e. The van der Waals surface area contributed by atoms with Crippen LogP contribution in [0.1, 0.15) is 11.4 Å². The zero-order chi connectivity index (χ0) is 13.9. The van der Waals surface area contributed by atoms with Gasteiger partial charge >= 0.3 is 0 Å². The second-order valence-corrected chi connectivity index (χ2v) is 4.25. The number of nitrogens with zero attached hydrogens (tertiary/aromatic N) is 3. The standard InChI is InChI=1S/C14H11N3O3/c18-10-1-2-11(12(19)8-10)14-16-13(17-20-14)7-9-3-5-15-6-4-9/h1-6,8,18-19H,7H2. The molecule has 0 saturated heterocycles. The second-order valence-electron chi connectivity index (χ2n) is 4.25. The van der Waals surface area contributed by atoms with Crippen LogP contribution in [-0.2, 0) is 6.42 Å². The molecule has 1 aromatic carbocycles. The van der Waals surface area contributed by atoms with Crippen molar-refractivity contribution < 1.29 is 14.7 Å². The number of hydrogen-bond acceptors (Lipinski definition) is 6. The van der Waals surface area contributed by atoms with Crippen LogP contribution in [0.3, 0.4) is 0 Å². The molecule has 0 spiro atoms. The van der Waals surface area contributed by atoms with Crippen molar-refractivity contribution in [2.45, 2.75) is 6.42 Å². The van der Waals surface area contributed by atoms with Crippen molar-refractivity contribution in [3.05, 3.63) is 54.1 Å². The summed E-state index contributed by atoms with van der Waals surface area (Å²) in [5, 5.41) is 22.9. The van der Waals surface area contributed by atoms with E-state index in [0.717, 1.165) is 5.56 Å². The van der Waals surface area contributed by atoms with E-state index in [1.54, 1.807) is 12.4 Å². The van der Waals surface area contributed by atoms with E-state index in [2.05, 4.69) is 15.1 Å². The third kappa shape index (κ3) is 2.44. The van der Waals surface area contributed by atoms with Crippen LogP contribution in [-0.4, -0.2) is 25.3 Å². The molecule has 2 heterocycles. The van der Waals surface area contributed by atoms with Crippen LogP contribution in [0.2, 0.25) is 0 Å². The molecule has 0 unspecified atom stereocenters. The summed E-state index contributed by atoms with van der Waals surface area (Å²) >= 11 is 0. The van der Waals surface area contributed by atoms with Gasteiger partial charge in [-0.05, 0) is 29.8 Å². The van der Waals surface area contributed by atoms with Crippen molar-refractivity contribution in [3.8, 4) is 23.0 Å². The number of phenols is 2. The van der Waals surface area contributed by atoms with Crippen molar-refractivity contribution in [1.29, 1.82) is 0 Å². The molecular weight excluding hydrogens is 258 g/mol. The highest BCUT2D eigenvalue weighted by Gasteiger charge is 2.13. The fraction of sp³-hybridized carbons (Fsp3) is 0.0714. The van der Waals surface area contributed by atoms with Gasteiger partial charge in [0.05, 0.1) is 5.56 Å². The maximum Gasteiger partial charge on any atom is 0.261 e. The Kier molecular flexibility index (Phi) is 3.04. The van der Waals surface area contributed by atoms with E-state index in [1.807, 2.05) is 12.1 Å². The maximum atomic E-state index is 9.75. The molecule has 20 heavy (non-hydrogen) atoms. The number of aromatic nitrogens is 3. The molecule has 0 atom stereocenters. The fourth-order valence-electron chi connectivity index (χ4n) is 1.82. The highest BCUT2D eigenvalue weighted by atomic mass is 16.5. The lowest BCUT2D eigenvalue weighted by molar-refractivity contribution is 0.417. The van der Waals surface area contributed by atoms with E-state index in [0.29, 0.717) is 17.8 Å². The normalized spacial score (nSPS) is 10.6. The summed E-state index contributed by atoms with van der Waals surface area (Å²) in [6.45, 7) is 0. The molecule has 0 aliphatic carbocycles. The van der Waals surface area contributed by atoms with Gasteiger partial charge in [-0.1, -0.05) is 5.16 Å². The lowest BCUT2D eigenvalue weighted by Crippen LogP contribution is -1.90. The molecule has 0 fully saturated rings. The minimum absolute atomic E-state index is 0.0252. The first-order valence-electron chi connectivity index (χ1n) is 5.96. The average molecular weight is 269 g/mol. The molecule has 0 saturated carbocycles. The Bertz CT molecular complexity index is 726. The van der Waals surface area contributed by atoms with E-state index >= 15 is 0 Å². The van der Waals surface area contributed by atoms with Crippen molar-refractivity contribution in [3.63, 3.8) is 0 Å². The topological polar surface area (TPSA) is 92.3 Å². The largest absolute Gasteiger partial charge is 0.508 e. The summed E-state index contributed by atoms with van der Waals surface area (Å²) in [6.07, 6.45) is 3.91. The molecule has 100 valence electrons. The summed E-state index contributed by atoms with van der Waals surface area (Å²) in [5.74, 6) is 0.595. The zero-order valence-electron chi connectivity index (χ0n) is 10.4. The van der Waals surface area contributed by atoms with E-state index in [1.165, 1.54) is 18.2 Å². The molecule has 0 bridgehead atoms. The summed E-state index contributed by atoms with van der Waals surface area (Å²) in [7, 11) is 0. The summed E-state index contributed by atoms with van der Waals surface area (Å²) in [6, 6.07) is 7.93. The van der Waals surface area contributed by atoms with Crippen molar-refractivity contribution in [2.24, 2.45) is 0 Å². The zero-order valence-corrected chi connectivity index (χ0v) is 10.4. The van der Waals surface area contributed by atoms with Crippen LogP contribution in [0.15, 0.2) is 47.2 Å². The predicted octanol–water partition coefficient (Wildman–Crippen LogP) is 2.13. The maximum absolute atomic E-state index is 9.75. The molecule has 0 radical (unpaired) electrons. The lowest BCUT2D eigenvalue weighted by Gasteiger charge is -1.99. The van der Waals surface area contributed by atoms with E-state index < -0.39 is 0 Å². The van der Waals surface area contributed by atoms with E-state index in [9.17, 15) is 10.2 Å². The molecular formula is C14H11N3O3. The quantitative estimate of drug-likeness (QED) is 0.756. The Morgan fingerprint density at radius 1 is 1.05 bits per heavy atom. The molecule has 3 aromatic rings. The Morgan fingerprint density at radius 2 is 1.85 bits per heavy atom. The lowest BCUT2D eigenvalue weighted by atomic mass is 10.2. The van der Waals surface area contributed by atoms with Crippen LogP contribution in [0.4, 0.5) is 0 Å². The number of hydrogen-bond donors (Lipinski definition) is 2. The minimum atomic E-state index is -0.107.